The largest absolute Gasteiger partial charge is 0.465 e. The molecular formula is C11H8F3N3O2S. The van der Waals surface area contributed by atoms with Crippen molar-refractivity contribution in [3.05, 3.63) is 23.9 Å². The van der Waals surface area contributed by atoms with Crippen molar-refractivity contribution in [3.8, 4) is 0 Å². The third-order valence-corrected chi connectivity index (χ3v) is 4.04. The first kappa shape index (κ1) is 13.2. The number of halogens is 3. The van der Waals surface area contributed by atoms with Crippen LogP contribution in [0.15, 0.2) is 23.5 Å². The van der Waals surface area contributed by atoms with Crippen LogP contribution in [0.3, 0.4) is 0 Å². The van der Waals surface area contributed by atoms with Crippen LogP contribution in [-0.2, 0) is 15.7 Å². The molecule has 0 bridgehead atoms. The Morgan fingerprint density at radius 3 is 2.80 bits per heavy atom. The number of hydrogen-bond donors (Lipinski definition) is 0. The van der Waals surface area contributed by atoms with Crippen molar-refractivity contribution in [1.82, 2.24) is 14.6 Å². The molecule has 0 saturated carbocycles. The van der Waals surface area contributed by atoms with Crippen LogP contribution in [0, 0.1) is 0 Å². The van der Waals surface area contributed by atoms with Gasteiger partial charge in [0.15, 0.2) is 10.8 Å². The first-order valence-corrected chi connectivity index (χ1v) is 6.58. The number of ether oxygens (including phenoxy) is 1. The average Bonchev–Trinajstić information content (AvgIpc) is 2.96. The lowest BCUT2D eigenvalue weighted by atomic mass is 10.3. The number of hydrogen-bond acceptors (Lipinski definition) is 5. The van der Waals surface area contributed by atoms with Gasteiger partial charge in [-0.3, -0.25) is 9.20 Å². The summed E-state index contributed by atoms with van der Waals surface area (Å²) in [5.74, 6) is -0.376. The lowest BCUT2D eigenvalue weighted by Gasteiger charge is -2.08. The molecule has 5 nitrogen and oxygen atoms in total. The van der Waals surface area contributed by atoms with E-state index in [1.54, 1.807) is 0 Å². The Morgan fingerprint density at radius 2 is 2.15 bits per heavy atom. The molecule has 1 unspecified atom stereocenters. The second-order valence-electron chi connectivity index (χ2n) is 4.19. The number of pyridine rings is 1. The van der Waals surface area contributed by atoms with Crippen molar-refractivity contribution in [3.63, 3.8) is 0 Å². The van der Waals surface area contributed by atoms with E-state index >= 15 is 0 Å². The molecule has 3 heterocycles. The molecule has 3 rings (SSSR count). The summed E-state index contributed by atoms with van der Waals surface area (Å²) in [5.41, 5.74) is -0.493. The monoisotopic (exact) mass is 303 g/mol. The van der Waals surface area contributed by atoms with Crippen molar-refractivity contribution in [2.75, 3.05) is 6.61 Å². The molecule has 1 aliphatic heterocycles. The fourth-order valence-corrected chi connectivity index (χ4v) is 2.81. The molecule has 106 valence electrons. The molecule has 0 aromatic carbocycles. The van der Waals surface area contributed by atoms with E-state index in [0.29, 0.717) is 18.7 Å². The minimum absolute atomic E-state index is 0.245. The highest BCUT2D eigenvalue weighted by Gasteiger charge is 2.32. The maximum absolute atomic E-state index is 12.7. The lowest BCUT2D eigenvalue weighted by Crippen LogP contribution is -2.10. The van der Waals surface area contributed by atoms with Crippen LogP contribution in [0.4, 0.5) is 13.2 Å². The molecule has 0 radical (unpaired) electrons. The second-order valence-corrected chi connectivity index (χ2v) is 5.36. The van der Waals surface area contributed by atoms with Gasteiger partial charge in [-0.1, -0.05) is 11.8 Å². The third kappa shape index (κ3) is 2.33. The van der Waals surface area contributed by atoms with E-state index in [1.165, 1.54) is 10.5 Å². The highest BCUT2D eigenvalue weighted by Crippen LogP contribution is 2.32. The first-order chi connectivity index (χ1) is 9.45. The summed E-state index contributed by atoms with van der Waals surface area (Å²) in [6, 6.07) is 2.19. The third-order valence-electron chi connectivity index (χ3n) is 2.83. The molecule has 0 N–H and O–H groups in total. The quantitative estimate of drug-likeness (QED) is 0.796. The predicted octanol–water partition coefficient (Wildman–Crippen LogP) is 2.16. The summed E-state index contributed by atoms with van der Waals surface area (Å²) in [6.07, 6.45) is -3.00. The van der Waals surface area contributed by atoms with Crippen LogP contribution in [0.2, 0.25) is 0 Å². The zero-order chi connectivity index (χ0) is 14.3. The van der Waals surface area contributed by atoms with Crippen LogP contribution in [0.25, 0.3) is 5.65 Å². The number of alkyl halides is 3. The van der Waals surface area contributed by atoms with E-state index in [0.717, 1.165) is 24.0 Å². The van der Waals surface area contributed by atoms with Gasteiger partial charge in [-0.25, -0.2) is 0 Å². The summed E-state index contributed by atoms with van der Waals surface area (Å²) < 4.78 is 44.1. The highest BCUT2D eigenvalue weighted by molar-refractivity contribution is 8.00. The normalized spacial score (nSPS) is 19.6. The van der Waals surface area contributed by atoms with Crippen LogP contribution in [-0.4, -0.2) is 32.4 Å². The van der Waals surface area contributed by atoms with Gasteiger partial charge in [0.1, 0.15) is 5.25 Å². The van der Waals surface area contributed by atoms with Crippen molar-refractivity contribution in [1.29, 1.82) is 0 Å². The Bertz CT molecular complexity index is 670. The van der Waals surface area contributed by atoms with Gasteiger partial charge in [0.2, 0.25) is 0 Å². The maximum atomic E-state index is 12.7. The van der Waals surface area contributed by atoms with E-state index < -0.39 is 17.0 Å². The molecule has 1 atom stereocenters. The van der Waals surface area contributed by atoms with E-state index in [4.69, 9.17) is 4.74 Å². The first-order valence-electron chi connectivity index (χ1n) is 5.70. The number of esters is 1. The molecule has 1 aliphatic rings. The van der Waals surface area contributed by atoms with Gasteiger partial charge >= 0.3 is 12.1 Å². The van der Waals surface area contributed by atoms with Crippen LogP contribution in [0.5, 0.6) is 0 Å². The molecule has 0 amide bonds. The van der Waals surface area contributed by atoms with E-state index in [2.05, 4.69) is 10.2 Å². The van der Waals surface area contributed by atoms with Crippen molar-refractivity contribution >= 4 is 23.4 Å². The number of cyclic esters (lactones) is 1. The fourth-order valence-electron chi connectivity index (χ4n) is 1.83. The van der Waals surface area contributed by atoms with Crippen LogP contribution < -0.4 is 0 Å². The molecule has 2 aromatic rings. The molecule has 1 fully saturated rings. The Kier molecular flexibility index (Phi) is 3.08. The molecule has 0 spiro atoms. The molecule has 1 saturated heterocycles. The number of carbonyl (C=O) groups excluding carboxylic acids is 1. The number of aromatic nitrogens is 3. The van der Waals surface area contributed by atoms with E-state index in [9.17, 15) is 18.0 Å². The number of nitrogens with zero attached hydrogens (tertiary/aromatic N) is 3. The minimum atomic E-state index is -4.44. The Hall–Kier alpha value is -1.77. The van der Waals surface area contributed by atoms with Gasteiger partial charge in [-0.05, 0) is 12.1 Å². The second kappa shape index (κ2) is 4.65. The maximum Gasteiger partial charge on any atom is 0.417 e. The average molecular weight is 303 g/mol. The van der Waals surface area contributed by atoms with Crippen LogP contribution in [0.1, 0.15) is 12.0 Å². The van der Waals surface area contributed by atoms with Crippen molar-refractivity contribution in [2.45, 2.75) is 23.0 Å². The van der Waals surface area contributed by atoms with Gasteiger partial charge < -0.3 is 4.74 Å². The van der Waals surface area contributed by atoms with Crippen LogP contribution >= 0.6 is 11.8 Å². The predicted molar refractivity (Wildman–Crippen MR) is 63.2 cm³/mol. The zero-order valence-corrected chi connectivity index (χ0v) is 10.7. The highest BCUT2D eigenvalue weighted by atomic mass is 32.2. The standard InChI is InChI=1S/C11H8F3N3O2S/c12-11(13,14)6-1-2-8-15-16-10(17(8)5-6)20-7-3-4-19-9(7)18/h1-2,5,7H,3-4H2. The summed E-state index contributed by atoms with van der Waals surface area (Å²) in [5, 5.41) is 7.40. The molecule has 2 aromatic heterocycles. The minimum Gasteiger partial charge on any atom is -0.465 e. The summed E-state index contributed by atoms with van der Waals surface area (Å²) in [7, 11) is 0. The number of rotatable bonds is 2. The lowest BCUT2D eigenvalue weighted by molar-refractivity contribution is -0.138. The smallest absolute Gasteiger partial charge is 0.417 e. The SMILES string of the molecule is O=C1OCCC1Sc1nnc2ccc(C(F)(F)F)cn12. The molecule has 0 aliphatic carbocycles. The van der Waals surface area contributed by atoms with Crippen molar-refractivity contribution in [2.24, 2.45) is 0 Å². The molecule has 9 heteroatoms. The zero-order valence-electron chi connectivity index (χ0n) is 9.92. The van der Waals surface area contributed by atoms with Gasteiger partial charge in [0.05, 0.1) is 12.2 Å². The molecular weight excluding hydrogens is 295 g/mol. The van der Waals surface area contributed by atoms with Gasteiger partial charge in [0.25, 0.3) is 0 Å². The number of thioether (sulfide) groups is 1. The van der Waals surface area contributed by atoms with Gasteiger partial charge in [-0.2, -0.15) is 13.2 Å². The van der Waals surface area contributed by atoms with Gasteiger partial charge in [-0.15, -0.1) is 10.2 Å². The van der Waals surface area contributed by atoms with E-state index in [1.807, 2.05) is 0 Å². The van der Waals surface area contributed by atoms with Gasteiger partial charge in [0, 0.05) is 12.6 Å². The van der Waals surface area contributed by atoms with Crippen molar-refractivity contribution < 1.29 is 22.7 Å². The summed E-state index contributed by atoms with van der Waals surface area (Å²) >= 11 is 1.06. The fraction of sp³-hybridized carbons (Fsp3) is 0.364. The molecule has 20 heavy (non-hydrogen) atoms. The topological polar surface area (TPSA) is 56.5 Å². The Morgan fingerprint density at radius 1 is 1.35 bits per heavy atom. The summed E-state index contributed by atoms with van der Waals surface area (Å²) in [6.45, 7) is 0.320. The Balaban J connectivity index is 1.97. The van der Waals surface area contributed by atoms with E-state index in [-0.39, 0.29) is 11.1 Å². The summed E-state index contributed by atoms with van der Waals surface area (Å²) in [4.78, 5) is 11.4. The Labute approximate surface area is 115 Å². The number of carbonyl (C=O) groups is 1. The number of fused-ring (bicyclic) bond motifs is 1.